The molecule has 0 radical (unpaired) electrons. The van der Waals surface area contributed by atoms with Gasteiger partial charge in [-0.3, -0.25) is 4.79 Å². The molecule has 1 aliphatic rings. The summed E-state index contributed by atoms with van der Waals surface area (Å²) in [6.07, 6.45) is 1.81. The highest BCUT2D eigenvalue weighted by Crippen LogP contribution is 2.24. The maximum atomic E-state index is 12.8. The van der Waals surface area contributed by atoms with Gasteiger partial charge in [0.25, 0.3) is 5.91 Å². The Hall–Kier alpha value is -2.33. The highest BCUT2D eigenvalue weighted by Gasteiger charge is 2.27. The number of nitrogens with two attached hydrogens (primary N) is 1. The van der Waals surface area contributed by atoms with Crippen LogP contribution in [-0.4, -0.2) is 37.0 Å². The van der Waals surface area contributed by atoms with Crippen molar-refractivity contribution in [1.82, 2.24) is 4.90 Å². The second kappa shape index (κ2) is 7.97. The number of ether oxygens (including phenoxy) is 1. The monoisotopic (exact) mass is 324 g/mol. The molecule has 4 heteroatoms. The summed E-state index contributed by atoms with van der Waals surface area (Å²) >= 11 is 0. The summed E-state index contributed by atoms with van der Waals surface area (Å²) in [4.78, 5) is 14.7. The third-order valence-electron chi connectivity index (χ3n) is 4.51. The number of para-hydroxylation sites is 1. The van der Waals surface area contributed by atoms with E-state index in [0.717, 1.165) is 25.9 Å². The van der Waals surface area contributed by atoms with Crippen molar-refractivity contribution in [1.29, 1.82) is 0 Å². The SMILES string of the molecule is NC[C@@H]1CCN(C(=O)c2ccccc2OCCc2ccccc2)C1. The van der Waals surface area contributed by atoms with E-state index in [-0.39, 0.29) is 5.91 Å². The lowest BCUT2D eigenvalue weighted by atomic mass is 10.1. The number of carbonyl (C=O) groups excluding carboxylic acids is 1. The van der Waals surface area contributed by atoms with Crippen LogP contribution in [0.15, 0.2) is 54.6 Å². The first-order valence-corrected chi connectivity index (χ1v) is 8.53. The van der Waals surface area contributed by atoms with Gasteiger partial charge in [0, 0.05) is 19.5 Å². The van der Waals surface area contributed by atoms with Crippen molar-refractivity contribution in [3.05, 3.63) is 65.7 Å². The molecule has 1 amide bonds. The van der Waals surface area contributed by atoms with Gasteiger partial charge in [0.1, 0.15) is 5.75 Å². The van der Waals surface area contributed by atoms with Crippen molar-refractivity contribution < 1.29 is 9.53 Å². The molecule has 1 fully saturated rings. The summed E-state index contributed by atoms with van der Waals surface area (Å²) in [6.45, 7) is 2.71. The Labute approximate surface area is 143 Å². The Morgan fingerprint density at radius 2 is 1.88 bits per heavy atom. The molecule has 0 spiro atoms. The van der Waals surface area contributed by atoms with Crippen LogP contribution in [0.1, 0.15) is 22.3 Å². The van der Waals surface area contributed by atoms with E-state index < -0.39 is 0 Å². The topological polar surface area (TPSA) is 55.6 Å². The minimum Gasteiger partial charge on any atom is -0.492 e. The maximum Gasteiger partial charge on any atom is 0.257 e. The van der Waals surface area contributed by atoms with Crippen molar-refractivity contribution in [2.45, 2.75) is 12.8 Å². The first-order valence-electron chi connectivity index (χ1n) is 8.53. The molecule has 0 bridgehead atoms. The van der Waals surface area contributed by atoms with Crippen LogP contribution in [0, 0.1) is 5.92 Å². The minimum absolute atomic E-state index is 0.0428. The third-order valence-corrected chi connectivity index (χ3v) is 4.51. The van der Waals surface area contributed by atoms with Crippen LogP contribution in [0.3, 0.4) is 0 Å². The standard InChI is InChI=1S/C20H24N2O2/c21-14-17-10-12-22(15-17)20(23)18-8-4-5-9-19(18)24-13-11-16-6-2-1-3-7-16/h1-9,17H,10-15,21H2/t17-/m0/s1. The number of amides is 1. The van der Waals surface area contributed by atoms with Crippen molar-refractivity contribution in [2.75, 3.05) is 26.2 Å². The zero-order chi connectivity index (χ0) is 16.8. The van der Waals surface area contributed by atoms with Gasteiger partial charge >= 0.3 is 0 Å². The maximum absolute atomic E-state index is 12.8. The van der Waals surface area contributed by atoms with E-state index >= 15 is 0 Å². The molecule has 1 aliphatic heterocycles. The lowest BCUT2D eigenvalue weighted by Gasteiger charge is -2.18. The van der Waals surface area contributed by atoms with E-state index in [2.05, 4.69) is 12.1 Å². The fourth-order valence-electron chi connectivity index (χ4n) is 3.07. The van der Waals surface area contributed by atoms with E-state index in [9.17, 15) is 4.79 Å². The Balaban J connectivity index is 1.63. The zero-order valence-corrected chi connectivity index (χ0v) is 13.9. The number of benzene rings is 2. The molecule has 3 rings (SSSR count). The summed E-state index contributed by atoms with van der Waals surface area (Å²) < 4.78 is 5.90. The summed E-state index contributed by atoms with van der Waals surface area (Å²) in [6, 6.07) is 17.7. The third kappa shape index (κ3) is 3.95. The first kappa shape index (κ1) is 16.5. The van der Waals surface area contributed by atoms with Gasteiger partial charge < -0.3 is 15.4 Å². The molecular weight excluding hydrogens is 300 g/mol. The van der Waals surface area contributed by atoms with E-state index in [0.29, 0.717) is 30.4 Å². The molecule has 1 saturated heterocycles. The van der Waals surface area contributed by atoms with E-state index in [1.807, 2.05) is 47.4 Å². The Morgan fingerprint density at radius 1 is 1.12 bits per heavy atom. The second-order valence-electron chi connectivity index (χ2n) is 6.22. The molecule has 0 saturated carbocycles. The zero-order valence-electron chi connectivity index (χ0n) is 13.9. The lowest BCUT2D eigenvalue weighted by Crippen LogP contribution is -2.30. The fraction of sp³-hybridized carbons (Fsp3) is 0.350. The molecule has 1 atom stereocenters. The molecule has 2 aromatic carbocycles. The van der Waals surface area contributed by atoms with Crippen molar-refractivity contribution in [3.8, 4) is 5.75 Å². The van der Waals surface area contributed by atoms with E-state index in [1.54, 1.807) is 0 Å². The number of rotatable bonds is 6. The average Bonchev–Trinajstić information content (AvgIpc) is 3.12. The Morgan fingerprint density at radius 3 is 2.62 bits per heavy atom. The predicted octanol–water partition coefficient (Wildman–Crippen LogP) is 2.73. The number of hydrogen-bond donors (Lipinski definition) is 1. The number of carbonyl (C=O) groups is 1. The molecule has 2 N–H and O–H groups in total. The highest BCUT2D eigenvalue weighted by atomic mass is 16.5. The number of nitrogens with zero attached hydrogens (tertiary/aromatic N) is 1. The average molecular weight is 324 g/mol. The molecule has 4 nitrogen and oxygen atoms in total. The van der Waals surface area contributed by atoms with Gasteiger partial charge in [-0.1, -0.05) is 42.5 Å². The molecule has 1 heterocycles. The van der Waals surface area contributed by atoms with Gasteiger partial charge in [0.05, 0.1) is 12.2 Å². The van der Waals surface area contributed by atoms with Crippen LogP contribution >= 0.6 is 0 Å². The summed E-state index contributed by atoms with van der Waals surface area (Å²) in [7, 11) is 0. The van der Waals surface area contributed by atoms with Crippen LogP contribution in [0.4, 0.5) is 0 Å². The summed E-state index contributed by atoms with van der Waals surface area (Å²) in [5.74, 6) is 1.12. The molecular formula is C20H24N2O2. The van der Waals surface area contributed by atoms with Gasteiger partial charge in [-0.2, -0.15) is 0 Å². The van der Waals surface area contributed by atoms with Crippen LogP contribution in [0.2, 0.25) is 0 Å². The van der Waals surface area contributed by atoms with Crippen molar-refractivity contribution in [3.63, 3.8) is 0 Å². The molecule has 2 aromatic rings. The van der Waals surface area contributed by atoms with Gasteiger partial charge in [-0.25, -0.2) is 0 Å². The van der Waals surface area contributed by atoms with Crippen LogP contribution in [0.5, 0.6) is 5.75 Å². The fourth-order valence-corrected chi connectivity index (χ4v) is 3.07. The molecule has 126 valence electrons. The number of likely N-dealkylation sites (tertiary alicyclic amines) is 1. The molecule has 0 unspecified atom stereocenters. The predicted molar refractivity (Wildman–Crippen MR) is 95.1 cm³/mol. The minimum atomic E-state index is 0.0428. The van der Waals surface area contributed by atoms with Gasteiger partial charge in [-0.05, 0) is 36.6 Å². The molecule has 0 aromatic heterocycles. The van der Waals surface area contributed by atoms with Crippen molar-refractivity contribution in [2.24, 2.45) is 11.7 Å². The van der Waals surface area contributed by atoms with Crippen LogP contribution in [0.25, 0.3) is 0 Å². The second-order valence-corrected chi connectivity index (χ2v) is 6.22. The van der Waals surface area contributed by atoms with Gasteiger partial charge in [0.2, 0.25) is 0 Å². The normalized spacial score (nSPS) is 17.0. The largest absolute Gasteiger partial charge is 0.492 e. The Bertz CT molecular complexity index is 672. The van der Waals surface area contributed by atoms with Crippen LogP contribution in [-0.2, 0) is 6.42 Å². The summed E-state index contributed by atoms with van der Waals surface area (Å²) in [5, 5.41) is 0. The van der Waals surface area contributed by atoms with E-state index in [1.165, 1.54) is 5.56 Å². The van der Waals surface area contributed by atoms with Gasteiger partial charge in [-0.15, -0.1) is 0 Å². The van der Waals surface area contributed by atoms with Crippen molar-refractivity contribution >= 4 is 5.91 Å². The first-order chi connectivity index (χ1) is 11.8. The molecule has 24 heavy (non-hydrogen) atoms. The van der Waals surface area contributed by atoms with E-state index in [4.69, 9.17) is 10.5 Å². The Kier molecular flexibility index (Phi) is 5.49. The highest BCUT2D eigenvalue weighted by molar-refractivity contribution is 5.97. The lowest BCUT2D eigenvalue weighted by molar-refractivity contribution is 0.0783. The summed E-state index contributed by atoms with van der Waals surface area (Å²) in [5.41, 5.74) is 7.59. The van der Waals surface area contributed by atoms with Crippen LogP contribution < -0.4 is 10.5 Å². The van der Waals surface area contributed by atoms with Gasteiger partial charge in [0.15, 0.2) is 0 Å². The number of hydrogen-bond acceptors (Lipinski definition) is 3. The quantitative estimate of drug-likeness (QED) is 0.889. The smallest absolute Gasteiger partial charge is 0.257 e. The molecule has 0 aliphatic carbocycles.